The molecule has 4 rings (SSSR count). The minimum Gasteiger partial charge on any atom is -0.350 e. The molecule has 1 heterocycles. The molecule has 1 amide bonds. The number of rotatable bonds is 5. The van der Waals surface area contributed by atoms with Gasteiger partial charge in [-0.25, -0.2) is 4.39 Å². The number of para-hydroxylation sites is 1. The Morgan fingerprint density at radius 3 is 2.55 bits per heavy atom. The fourth-order valence-electron chi connectivity index (χ4n) is 3.88. The van der Waals surface area contributed by atoms with Gasteiger partial charge in [0.1, 0.15) is 5.82 Å². The van der Waals surface area contributed by atoms with E-state index in [-0.39, 0.29) is 17.6 Å². The summed E-state index contributed by atoms with van der Waals surface area (Å²) < 4.78 is 15.3. The Balaban J connectivity index is 1.71. The van der Waals surface area contributed by atoms with Gasteiger partial charge in [-0.3, -0.25) is 4.79 Å². The zero-order valence-corrected chi connectivity index (χ0v) is 16.5. The van der Waals surface area contributed by atoms with Crippen molar-refractivity contribution < 1.29 is 9.18 Å². The highest BCUT2D eigenvalue weighted by molar-refractivity contribution is 5.93. The van der Waals surface area contributed by atoms with Gasteiger partial charge in [-0.1, -0.05) is 48.0 Å². The summed E-state index contributed by atoms with van der Waals surface area (Å²) in [6.45, 7) is 2.06. The molecule has 29 heavy (non-hydrogen) atoms. The second-order valence-electron chi connectivity index (χ2n) is 7.44. The zero-order valence-electron chi connectivity index (χ0n) is 16.5. The zero-order chi connectivity index (χ0) is 20.4. The highest BCUT2D eigenvalue weighted by atomic mass is 19.1. The Morgan fingerprint density at radius 1 is 1.03 bits per heavy atom. The maximum absolute atomic E-state index is 13.2. The van der Waals surface area contributed by atoms with Gasteiger partial charge in [-0.2, -0.15) is 0 Å². The smallest absolute Gasteiger partial charge is 0.225 e. The number of benzene rings is 3. The fraction of sp³-hybridized carbons (Fsp3) is 0.160. The average molecular weight is 386 g/mol. The van der Waals surface area contributed by atoms with Crippen LogP contribution in [0.5, 0.6) is 0 Å². The Bertz CT molecular complexity index is 1160. The molecular weight excluding hydrogens is 363 g/mol. The van der Waals surface area contributed by atoms with Gasteiger partial charge in [0.25, 0.3) is 0 Å². The van der Waals surface area contributed by atoms with E-state index in [4.69, 9.17) is 0 Å². The lowest BCUT2D eigenvalue weighted by atomic mass is 9.87. The van der Waals surface area contributed by atoms with Gasteiger partial charge in [0.2, 0.25) is 5.91 Å². The van der Waals surface area contributed by atoms with E-state index in [1.54, 1.807) is 12.1 Å². The van der Waals surface area contributed by atoms with Crippen LogP contribution in [0.3, 0.4) is 0 Å². The van der Waals surface area contributed by atoms with Gasteiger partial charge in [0.15, 0.2) is 0 Å². The van der Waals surface area contributed by atoms with Gasteiger partial charge in [0.05, 0.1) is 0 Å². The molecule has 0 radical (unpaired) electrons. The Hall–Kier alpha value is -3.40. The molecule has 0 spiro atoms. The average Bonchev–Trinajstić information content (AvgIpc) is 3.05. The summed E-state index contributed by atoms with van der Waals surface area (Å²) in [6.07, 6.45) is 2.41. The highest BCUT2D eigenvalue weighted by Gasteiger charge is 2.22. The number of carbonyl (C=O) groups excluding carboxylic acids is 1. The van der Waals surface area contributed by atoms with Crippen LogP contribution < -0.4 is 5.32 Å². The molecule has 0 saturated carbocycles. The fourth-order valence-corrected chi connectivity index (χ4v) is 3.88. The summed E-state index contributed by atoms with van der Waals surface area (Å²) in [4.78, 5) is 12.9. The van der Waals surface area contributed by atoms with E-state index in [1.807, 2.05) is 25.2 Å². The first kappa shape index (κ1) is 18.9. The van der Waals surface area contributed by atoms with Crippen molar-refractivity contribution in [2.24, 2.45) is 7.05 Å². The normalized spacial score (nSPS) is 12.1. The maximum atomic E-state index is 13.2. The van der Waals surface area contributed by atoms with Crippen LogP contribution in [0.25, 0.3) is 10.9 Å². The Labute approximate surface area is 169 Å². The molecular formula is C25H23FN2O. The molecule has 1 unspecified atom stereocenters. The molecule has 0 aliphatic carbocycles. The minimum atomic E-state index is -0.323. The molecule has 3 aromatic carbocycles. The SMILES string of the molecule is Cc1cccc(C(CC(=O)Nc2ccc(F)cc2)c2cn(C)c3ccccc23)c1. The van der Waals surface area contributed by atoms with Crippen molar-refractivity contribution in [1.82, 2.24) is 4.57 Å². The third kappa shape index (κ3) is 4.06. The maximum Gasteiger partial charge on any atom is 0.225 e. The molecule has 3 nitrogen and oxygen atoms in total. The van der Waals surface area contributed by atoms with Crippen molar-refractivity contribution in [2.45, 2.75) is 19.3 Å². The second kappa shape index (κ2) is 7.92. The minimum absolute atomic E-state index is 0.0820. The van der Waals surface area contributed by atoms with Crippen LogP contribution in [-0.4, -0.2) is 10.5 Å². The molecule has 0 fully saturated rings. The lowest BCUT2D eigenvalue weighted by Crippen LogP contribution is -2.16. The number of carbonyl (C=O) groups is 1. The van der Waals surface area contributed by atoms with Gasteiger partial charge in [-0.15, -0.1) is 0 Å². The van der Waals surface area contributed by atoms with Crippen LogP contribution >= 0.6 is 0 Å². The monoisotopic (exact) mass is 386 g/mol. The lowest BCUT2D eigenvalue weighted by molar-refractivity contribution is -0.116. The topological polar surface area (TPSA) is 34.0 Å². The number of anilines is 1. The van der Waals surface area contributed by atoms with Gasteiger partial charge in [-0.05, 0) is 48.4 Å². The first-order valence-electron chi connectivity index (χ1n) is 9.67. The second-order valence-corrected chi connectivity index (χ2v) is 7.44. The summed E-state index contributed by atoms with van der Waals surface area (Å²) in [5.74, 6) is -0.506. The summed E-state index contributed by atoms with van der Waals surface area (Å²) in [6, 6.07) is 22.4. The third-order valence-electron chi connectivity index (χ3n) is 5.27. The van der Waals surface area contributed by atoms with Crippen molar-refractivity contribution >= 4 is 22.5 Å². The number of amides is 1. The molecule has 0 saturated heterocycles. The van der Waals surface area contributed by atoms with Crippen LogP contribution in [0.2, 0.25) is 0 Å². The predicted octanol–water partition coefficient (Wildman–Crippen LogP) is 5.79. The third-order valence-corrected chi connectivity index (χ3v) is 5.27. The van der Waals surface area contributed by atoms with E-state index in [1.165, 1.54) is 12.1 Å². The first-order valence-corrected chi connectivity index (χ1v) is 9.67. The molecule has 0 aliphatic rings. The lowest BCUT2D eigenvalue weighted by Gasteiger charge is -2.18. The number of nitrogens with one attached hydrogen (secondary N) is 1. The largest absolute Gasteiger partial charge is 0.350 e. The van der Waals surface area contributed by atoms with Crippen LogP contribution in [0, 0.1) is 12.7 Å². The van der Waals surface area contributed by atoms with Crippen LogP contribution in [0.4, 0.5) is 10.1 Å². The molecule has 1 N–H and O–H groups in total. The molecule has 1 atom stereocenters. The van der Waals surface area contributed by atoms with Gasteiger partial charge < -0.3 is 9.88 Å². The number of nitrogens with zero attached hydrogens (tertiary/aromatic N) is 1. The summed E-state index contributed by atoms with van der Waals surface area (Å²) in [5, 5.41) is 4.05. The Morgan fingerprint density at radius 2 is 1.79 bits per heavy atom. The summed E-state index contributed by atoms with van der Waals surface area (Å²) in [7, 11) is 2.03. The standard InChI is InChI=1S/C25H23FN2O/c1-17-6-5-7-18(14-17)22(15-25(29)27-20-12-10-19(26)11-13-20)23-16-28(2)24-9-4-3-8-21(23)24/h3-14,16,22H,15H2,1-2H3,(H,27,29). The van der Waals surface area contributed by atoms with Crippen molar-refractivity contribution in [3.8, 4) is 0 Å². The first-order chi connectivity index (χ1) is 14.0. The molecule has 0 aliphatic heterocycles. The van der Waals surface area contributed by atoms with E-state index in [9.17, 15) is 9.18 Å². The number of hydrogen-bond acceptors (Lipinski definition) is 1. The van der Waals surface area contributed by atoms with Gasteiger partial charge in [0, 0.05) is 42.2 Å². The van der Waals surface area contributed by atoms with E-state index < -0.39 is 0 Å². The molecule has 4 aromatic rings. The molecule has 4 heteroatoms. The number of aryl methyl sites for hydroxylation is 2. The highest BCUT2D eigenvalue weighted by Crippen LogP contribution is 2.35. The summed E-state index contributed by atoms with van der Waals surface area (Å²) >= 11 is 0. The number of halogens is 1. The van der Waals surface area contributed by atoms with E-state index in [0.717, 1.165) is 27.6 Å². The Kier molecular flexibility index (Phi) is 5.17. The van der Waals surface area contributed by atoms with Crippen molar-refractivity contribution in [1.29, 1.82) is 0 Å². The van der Waals surface area contributed by atoms with Crippen LogP contribution in [0.15, 0.2) is 79.0 Å². The molecule has 146 valence electrons. The quantitative estimate of drug-likeness (QED) is 0.463. The number of hydrogen-bond donors (Lipinski definition) is 1. The number of aromatic nitrogens is 1. The van der Waals surface area contributed by atoms with Crippen molar-refractivity contribution in [3.05, 3.63) is 102 Å². The van der Waals surface area contributed by atoms with Crippen LogP contribution in [-0.2, 0) is 11.8 Å². The van der Waals surface area contributed by atoms with E-state index in [0.29, 0.717) is 12.1 Å². The molecule has 1 aromatic heterocycles. The van der Waals surface area contributed by atoms with Crippen molar-refractivity contribution in [3.63, 3.8) is 0 Å². The van der Waals surface area contributed by atoms with Gasteiger partial charge >= 0.3 is 0 Å². The molecule has 0 bridgehead atoms. The number of fused-ring (bicyclic) bond motifs is 1. The van der Waals surface area contributed by atoms with E-state index >= 15 is 0 Å². The van der Waals surface area contributed by atoms with Crippen LogP contribution in [0.1, 0.15) is 29.0 Å². The van der Waals surface area contributed by atoms with Crippen molar-refractivity contribution in [2.75, 3.05) is 5.32 Å². The summed E-state index contributed by atoms with van der Waals surface area (Å²) in [5.41, 5.74) is 5.13. The van der Waals surface area contributed by atoms with E-state index in [2.05, 4.69) is 53.3 Å². The predicted molar refractivity (Wildman–Crippen MR) is 116 cm³/mol.